The molecule has 11 heteroatoms. The number of phenolic OH excluding ortho intramolecular Hbond substituents is 1. The van der Waals surface area contributed by atoms with Crippen LogP contribution < -0.4 is 5.32 Å². The highest BCUT2D eigenvalue weighted by Crippen LogP contribution is 2.37. The number of carbonyl (C=O) groups excluding carboxylic acids is 3. The zero-order valence-electron chi connectivity index (χ0n) is 18.7. The van der Waals surface area contributed by atoms with E-state index in [1.165, 1.54) is 6.92 Å². The minimum absolute atomic E-state index is 0.184. The monoisotopic (exact) mass is 460 g/mol. The van der Waals surface area contributed by atoms with Crippen LogP contribution in [0.3, 0.4) is 0 Å². The summed E-state index contributed by atoms with van der Waals surface area (Å²) in [7, 11) is 0. The van der Waals surface area contributed by atoms with E-state index >= 15 is 0 Å². The Bertz CT molecular complexity index is 923. The maximum Gasteiger partial charge on any atom is 0.419 e. The zero-order valence-corrected chi connectivity index (χ0v) is 18.7. The Hall–Kier alpha value is -2.82. The normalized spacial score (nSPS) is 20.7. The van der Waals surface area contributed by atoms with Crippen molar-refractivity contribution >= 4 is 17.8 Å². The van der Waals surface area contributed by atoms with Crippen molar-refractivity contribution < 1.29 is 42.1 Å². The number of aromatic hydroxyl groups is 1. The summed E-state index contributed by atoms with van der Waals surface area (Å²) in [5, 5.41) is 11.8. The molecular weight excluding hydrogens is 433 g/mol. The molecule has 1 aromatic carbocycles. The molecule has 2 amide bonds. The van der Waals surface area contributed by atoms with E-state index in [1.807, 2.05) is 0 Å². The van der Waals surface area contributed by atoms with E-state index in [-0.39, 0.29) is 12.2 Å². The minimum Gasteiger partial charge on any atom is -0.507 e. The van der Waals surface area contributed by atoms with Crippen LogP contribution in [0.4, 0.5) is 18.0 Å². The van der Waals surface area contributed by atoms with Crippen LogP contribution in [-0.2, 0) is 20.4 Å². The number of ether oxygens (including phenoxy) is 2. The van der Waals surface area contributed by atoms with Crippen molar-refractivity contribution in [2.24, 2.45) is 0 Å². The SMILES string of the molecule is CC(C)(C)OC(=O)N1C(C)(C)OCC1(C)C(=O)NCC(=O)c1ccc(O)c(C(F)(F)F)c1. The Morgan fingerprint density at radius 2 is 1.78 bits per heavy atom. The summed E-state index contributed by atoms with van der Waals surface area (Å²) in [5.74, 6) is -2.56. The summed E-state index contributed by atoms with van der Waals surface area (Å²) in [5.41, 5.74) is -5.25. The van der Waals surface area contributed by atoms with Crippen LogP contribution in [0.1, 0.15) is 57.5 Å². The van der Waals surface area contributed by atoms with Gasteiger partial charge in [0.2, 0.25) is 5.91 Å². The molecule has 1 atom stereocenters. The zero-order chi connectivity index (χ0) is 24.7. The molecule has 1 fully saturated rings. The molecule has 1 aromatic rings. The maximum absolute atomic E-state index is 13.0. The molecule has 2 N–H and O–H groups in total. The second kappa shape index (κ2) is 8.27. The van der Waals surface area contributed by atoms with Crippen LogP contribution in [-0.4, -0.2) is 57.8 Å². The average Bonchev–Trinajstić information content (AvgIpc) is 2.87. The Morgan fingerprint density at radius 1 is 1.19 bits per heavy atom. The number of ketones is 1. The first-order valence-electron chi connectivity index (χ1n) is 9.77. The first-order chi connectivity index (χ1) is 14.4. The van der Waals surface area contributed by atoms with Gasteiger partial charge in [-0.3, -0.25) is 14.5 Å². The van der Waals surface area contributed by atoms with Crippen molar-refractivity contribution in [3.63, 3.8) is 0 Å². The lowest BCUT2D eigenvalue weighted by atomic mass is 9.99. The lowest BCUT2D eigenvalue weighted by Crippen LogP contribution is -2.62. The van der Waals surface area contributed by atoms with Crippen LogP contribution >= 0.6 is 0 Å². The summed E-state index contributed by atoms with van der Waals surface area (Å²) in [6.07, 6.45) is -5.64. The molecule has 32 heavy (non-hydrogen) atoms. The van der Waals surface area contributed by atoms with Gasteiger partial charge in [-0.15, -0.1) is 0 Å². The molecule has 2 rings (SSSR count). The van der Waals surface area contributed by atoms with Gasteiger partial charge in [0.15, 0.2) is 5.78 Å². The topological polar surface area (TPSA) is 105 Å². The minimum atomic E-state index is -4.85. The summed E-state index contributed by atoms with van der Waals surface area (Å²) in [4.78, 5) is 39.2. The second-order valence-electron chi connectivity index (χ2n) is 9.16. The van der Waals surface area contributed by atoms with Crippen LogP contribution in [0, 0.1) is 0 Å². The van der Waals surface area contributed by atoms with Gasteiger partial charge >= 0.3 is 12.3 Å². The van der Waals surface area contributed by atoms with Gasteiger partial charge < -0.3 is 19.9 Å². The van der Waals surface area contributed by atoms with Crippen LogP contribution in [0.15, 0.2) is 18.2 Å². The molecule has 1 aliphatic heterocycles. The number of benzene rings is 1. The van der Waals surface area contributed by atoms with Gasteiger partial charge in [-0.05, 0) is 59.7 Å². The van der Waals surface area contributed by atoms with E-state index in [1.54, 1.807) is 34.6 Å². The number of nitrogens with one attached hydrogen (secondary N) is 1. The lowest BCUT2D eigenvalue weighted by molar-refractivity contribution is -0.138. The fourth-order valence-electron chi connectivity index (χ4n) is 3.33. The number of alkyl halides is 3. The van der Waals surface area contributed by atoms with Gasteiger partial charge in [-0.2, -0.15) is 13.2 Å². The average molecular weight is 460 g/mol. The highest BCUT2D eigenvalue weighted by atomic mass is 19.4. The van der Waals surface area contributed by atoms with Gasteiger partial charge in [0.25, 0.3) is 0 Å². The van der Waals surface area contributed by atoms with Gasteiger partial charge in [0.1, 0.15) is 22.6 Å². The molecule has 8 nitrogen and oxygen atoms in total. The molecule has 0 spiro atoms. The second-order valence-corrected chi connectivity index (χ2v) is 9.16. The van der Waals surface area contributed by atoms with Gasteiger partial charge in [-0.25, -0.2) is 4.79 Å². The fourth-order valence-corrected chi connectivity index (χ4v) is 3.33. The highest BCUT2D eigenvalue weighted by Gasteiger charge is 2.57. The Labute approximate surface area is 183 Å². The van der Waals surface area contributed by atoms with Crippen LogP contribution in [0.25, 0.3) is 0 Å². The van der Waals surface area contributed by atoms with E-state index < -0.39 is 58.7 Å². The molecular formula is C21H27F3N2O6. The number of hydrogen-bond acceptors (Lipinski definition) is 6. The predicted octanol–water partition coefficient (Wildman–Crippen LogP) is 3.47. The number of Topliss-reactive ketones (excluding diaryl/α,β-unsaturated/α-hetero) is 1. The molecule has 1 unspecified atom stereocenters. The standard InChI is InChI=1S/C21H27F3N2O6/c1-18(2,3)32-17(30)26-19(4,5)31-11-20(26,6)16(29)25-10-15(28)12-7-8-14(27)13(9-12)21(22,23)24/h7-9,27H,10-11H2,1-6H3,(H,25,29). The quantitative estimate of drug-likeness (QED) is 0.667. The maximum atomic E-state index is 13.0. The van der Waals surface area contributed by atoms with Crippen molar-refractivity contribution in [3.8, 4) is 5.75 Å². The number of halogens is 3. The molecule has 178 valence electrons. The molecule has 0 aromatic heterocycles. The molecule has 1 saturated heterocycles. The third-order valence-electron chi connectivity index (χ3n) is 4.84. The van der Waals surface area contributed by atoms with E-state index in [0.29, 0.717) is 6.07 Å². The van der Waals surface area contributed by atoms with Gasteiger partial charge in [0, 0.05) is 5.56 Å². The van der Waals surface area contributed by atoms with Crippen molar-refractivity contribution in [2.75, 3.05) is 13.2 Å². The number of carbonyl (C=O) groups is 3. The van der Waals surface area contributed by atoms with Gasteiger partial charge in [-0.1, -0.05) is 0 Å². The third-order valence-corrected chi connectivity index (χ3v) is 4.84. The molecule has 0 saturated carbocycles. The van der Waals surface area contributed by atoms with E-state index in [2.05, 4.69) is 5.32 Å². The highest BCUT2D eigenvalue weighted by molar-refractivity contribution is 6.01. The number of rotatable bonds is 4. The summed E-state index contributed by atoms with van der Waals surface area (Å²) >= 11 is 0. The van der Waals surface area contributed by atoms with Gasteiger partial charge in [0.05, 0.1) is 18.7 Å². The Morgan fingerprint density at radius 3 is 2.31 bits per heavy atom. The molecule has 0 radical (unpaired) electrons. The Kier molecular flexibility index (Phi) is 6.57. The molecule has 1 aliphatic rings. The summed E-state index contributed by atoms with van der Waals surface area (Å²) < 4.78 is 49.9. The fraction of sp³-hybridized carbons (Fsp3) is 0.571. The van der Waals surface area contributed by atoms with Crippen molar-refractivity contribution in [1.29, 1.82) is 0 Å². The number of nitrogens with zero attached hydrogens (tertiary/aromatic N) is 1. The van der Waals surface area contributed by atoms with E-state index in [0.717, 1.165) is 17.0 Å². The number of amides is 2. The lowest BCUT2D eigenvalue weighted by Gasteiger charge is -2.39. The molecule has 0 bridgehead atoms. The Balaban J connectivity index is 2.19. The largest absolute Gasteiger partial charge is 0.507 e. The summed E-state index contributed by atoms with van der Waals surface area (Å²) in [6.45, 7) is 8.78. The van der Waals surface area contributed by atoms with Crippen molar-refractivity contribution in [2.45, 2.75) is 64.6 Å². The molecule has 1 heterocycles. The van der Waals surface area contributed by atoms with Crippen LogP contribution in [0.5, 0.6) is 5.75 Å². The van der Waals surface area contributed by atoms with Crippen molar-refractivity contribution in [1.82, 2.24) is 10.2 Å². The molecule has 0 aliphatic carbocycles. The van der Waals surface area contributed by atoms with Crippen molar-refractivity contribution in [3.05, 3.63) is 29.3 Å². The van der Waals surface area contributed by atoms with E-state index in [9.17, 15) is 32.7 Å². The van der Waals surface area contributed by atoms with Crippen LogP contribution in [0.2, 0.25) is 0 Å². The number of hydrogen-bond donors (Lipinski definition) is 2. The first kappa shape index (κ1) is 25.4. The van der Waals surface area contributed by atoms with E-state index in [4.69, 9.17) is 9.47 Å². The number of phenols is 1. The third kappa shape index (κ3) is 5.32. The first-order valence-corrected chi connectivity index (χ1v) is 9.77. The smallest absolute Gasteiger partial charge is 0.419 e. The summed E-state index contributed by atoms with van der Waals surface area (Å²) in [6, 6.07) is 2.30. The predicted molar refractivity (Wildman–Crippen MR) is 107 cm³/mol.